The Morgan fingerprint density at radius 3 is 2.73 bits per heavy atom. The quantitative estimate of drug-likeness (QED) is 0.796. The Morgan fingerprint density at radius 2 is 2.20 bits per heavy atom. The minimum atomic E-state index is -0.0365. The van der Waals surface area contributed by atoms with Crippen LogP contribution >= 0.6 is 0 Å². The zero-order valence-electron chi connectivity index (χ0n) is 9.29. The van der Waals surface area contributed by atoms with E-state index < -0.39 is 0 Å². The maximum absolute atomic E-state index is 11.8. The number of carbonyl (C=O) groups is 1. The van der Waals surface area contributed by atoms with Crippen molar-refractivity contribution >= 4 is 5.91 Å². The van der Waals surface area contributed by atoms with Crippen molar-refractivity contribution in [2.45, 2.75) is 38.6 Å². The molecule has 0 aromatic carbocycles. The fourth-order valence-electron chi connectivity index (χ4n) is 2.00. The molecular weight excluding hydrogens is 190 g/mol. The van der Waals surface area contributed by atoms with Crippen LogP contribution in [0.25, 0.3) is 0 Å². The molecule has 1 heterocycles. The number of nitrogens with one attached hydrogen (secondary N) is 1. The van der Waals surface area contributed by atoms with E-state index in [0.717, 1.165) is 18.5 Å². The highest BCUT2D eigenvalue weighted by Gasteiger charge is 2.19. The van der Waals surface area contributed by atoms with Gasteiger partial charge in [0.05, 0.1) is 0 Å². The topological polar surface area (TPSA) is 46.9 Å². The number of nitrogens with zero attached hydrogens (tertiary/aromatic N) is 2. The summed E-state index contributed by atoms with van der Waals surface area (Å²) in [5, 5.41) is 7.18. The molecule has 0 unspecified atom stereocenters. The molecule has 2 rings (SSSR count). The highest BCUT2D eigenvalue weighted by Crippen LogP contribution is 2.18. The predicted octanol–water partition coefficient (Wildman–Crippen LogP) is 1.40. The third-order valence-electron chi connectivity index (χ3n) is 3.04. The van der Waals surface area contributed by atoms with Crippen LogP contribution < -0.4 is 5.32 Å². The number of hydrogen-bond acceptors (Lipinski definition) is 2. The highest BCUT2D eigenvalue weighted by atomic mass is 16.2. The van der Waals surface area contributed by atoms with Gasteiger partial charge in [-0.05, 0) is 25.8 Å². The summed E-state index contributed by atoms with van der Waals surface area (Å²) >= 11 is 0. The van der Waals surface area contributed by atoms with Gasteiger partial charge in [-0.25, -0.2) is 0 Å². The molecule has 0 aliphatic heterocycles. The predicted molar refractivity (Wildman–Crippen MR) is 57.7 cm³/mol. The van der Waals surface area contributed by atoms with Crippen LogP contribution in [0.5, 0.6) is 0 Å². The van der Waals surface area contributed by atoms with Crippen LogP contribution in [0, 0.1) is 6.92 Å². The van der Waals surface area contributed by atoms with Gasteiger partial charge in [-0.2, -0.15) is 5.10 Å². The Hall–Kier alpha value is -1.32. The Balaban J connectivity index is 2.00. The molecule has 1 N–H and O–H groups in total. The Kier molecular flexibility index (Phi) is 2.75. The largest absolute Gasteiger partial charge is 0.348 e. The number of hydrogen-bond donors (Lipinski definition) is 1. The van der Waals surface area contributed by atoms with E-state index in [0.29, 0.717) is 11.7 Å². The van der Waals surface area contributed by atoms with Crippen molar-refractivity contribution in [1.29, 1.82) is 0 Å². The lowest BCUT2D eigenvalue weighted by atomic mass is 10.2. The number of amides is 1. The summed E-state index contributed by atoms with van der Waals surface area (Å²) in [6.45, 7) is 1.94. The molecule has 1 fully saturated rings. The molecular formula is C11H17N3O. The minimum absolute atomic E-state index is 0.0365. The van der Waals surface area contributed by atoms with Crippen LogP contribution in [0.4, 0.5) is 0 Å². The van der Waals surface area contributed by atoms with Gasteiger partial charge in [0.25, 0.3) is 5.91 Å². The third kappa shape index (κ3) is 2.19. The summed E-state index contributed by atoms with van der Waals surface area (Å²) in [6, 6.07) is 2.18. The normalized spacial score (nSPS) is 16.9. The molecule has 4 heteroatoms. The van der Waals surface area contributed by atoms with Crippen molar-refractivity contribution in [1.82, 2.24) is 15.1 Å². The zero-order valence-corrected chi connectivity index (χ0v) is 9.29. The van der Waals surface area contributed by atoms with E-state index in [4.69, 9.17) is 0 Å². The SMILES string of the molecule is Cc1cc(C(=O)NC2CCCC2)nn1C. The van der Waals surface area contributed by atoms with E-state index in [9.17, 15) is 4.79 Å². The summed E-state index contributed by atoms with van der Waals surface area (Å²) in [4.78, 5) is 11.8. The van der Waals surface area contributed by atoms with E-state index in [1.54, 1.807) is 4.68 Å². The molecule has 0 saturated heterocycles. The molecule has 1 saturated carbocycles. The summed E-state index contributed by atoms with van der Waals surface area (Å²) in [5.41, 5.74) is 1.54. The smallest absolute Gasteiger partial charge is 0.272 e. The van der Waals surface area contributed by atoms with Gasteiger partial charge in [0.1, 0.15) is 5.69 Å². The van der Waals surface area contributed by atoms with Gasteiger partial charge in [0.15, 0.2) is 0 Å². The molecule has 1 aliphatic rings. The van der Waals surface area contributed by atoms with Crippen molar-refractivity contribution in [2.75, 3.05) is 0 Å². The third-order valence-corrected chi connectivity index (χ3v) is 3.04. The molecule has 1 aromatic heterocycles. The number of carbonyl (C=O) groups excluding carboxylic acids is 1. The summed E-state index contributed by atoms with van der Waals surface area (Å²) in [5.74, 6) is -0.0365. The van der Waals surface area contributed by atoms with Gasteiger partial charge in [-0.15, -0.1) is 0 Å². The average Bonchev–Trinajstić information content (AvgIpc) is 2.78. The average molecular weight is 207 g/mol. The molecule has 0 atom stereocenters. The van der Waals surface area contributed by atoms with E-state index >= 15 is 0 Å². The summed E-state index contributed by atoms with van der Waals surface area (Å²) < 4.78 is 1.73. The second-order valence-electron chi connectivity index (χ2n) is 4.25. The number of rotatable bonds is 2. The molecule has 82 valence electrons. The van der Waals surface area contributed by atoms with Crippen molar-refractivity contribution in [3.63, 3.8) is 0 Å². The lowest BCUT2D eigenvalue weighted by Gasteiger charge is -2.09. The molecule has 0 radical (unpaired) electrons. The molecule has 4 nitrogen and oxygen atoms in total. The molecule has 0 spiro atoms. The monoisotopic (exact) mass is 207 g/mol. The molecule has 1 aromatic rings. The number of aryl methyl sites for hydroxylation is 2. The Labute approximate surface area is 89.7 Å². The first-order valence-corrected chi connectivity index (χ1v) is 5.48. The van der Waals surface area contributed by atoms with Crippen LogP contribution in [0.15, 0.2) is 6.07 Å². The van der Waals surface area contributed by atoms with Crippen molar-refractivity contribution < 1.29 is 4.79 Å². The van der Waals surface area contributed by atoms with Gasteiger partial charge in [-0.3, -0.25) is 9.48 Å². The van der Waals surface area contributed by atoms with Gasteiger partial charge in [0.2, 0.25) is 0 Å². The van der Waals surface area contributed by atoms with Crippen LogP contribution in [-0.2, 0) is 7.05 Å². The Bertz CT molecular complexity index is 344. The zero-order chi connectivity index (χ0) is 10.8. The van der Waals surface area contributed by atoms with E-state index in [1.807, 2.05) is 20.0 Å². The first kappa shape index (κ1) is 10.2. The van der Waals surface area contributed by atoms with E-state index in [1.165, 1.54) is 12.8 Å². The van der Waals surface area contributed by atoms with Crippen LogP contribution in [-0.4, -0.2) is 21.7 Å². The van der Waals surface area contributed by atoms with Crippen LogP contribution in [0.1, 0.15) is 41.9 Å². The lowest BCUT2D eigenvalue weighted by molar-refractivity contribution is 0.0932. The maximum atomic E-state index is 11.8. The van der Waals surface area contributed by atoms with Crippen molar-refractivity contribution in [3.05, 3.63) is 17.5 Å². The standard InChI is InChI=1S/C11H17N3O/c1-8-7-10(13-14(8)2)11(15)12-9-5-3-4-6-9/h7,9H,3-6H2,1-2H3,(H,12,15). The van der Waals surface area contributed by atoms with Crippen LogP contribution in [0.3, 0.4) is 0 Å². The minimum Gasteiger partial charge on any atom is -0.348 e. The van der Waals surface area contributed by atoms with Gasteiger partial charge in [-0.1, -0.05) is 12.8 Å². The highest BCUT2D eigenvalue weighted by molar-refractivity contribution is 5.92. The van der Waals surface area contributed by atoms with Gasteiger partial charge >= 0.3 is 0 Å². The molecule has 0 bridgehead atoms. The fourth-order valence-corrected chi connectivity index (χ4v) is 2.00. The van der Waals surface area contributed by atoms with Crippen LogP contribution in [0.2, 0.25) is 0 Å². The van der Waals surface area contributed by atoms with Crippen molar-refractivity contribution in [2.24, 2.45) is 7.05 Å². The maximum Gasteiger partial charge on any atom is 0.272 e. The molecule has 1 amide bonds. The first-order chi connectivity index (χ1) is 7.16. The fraction of sp³-hybridized carbons (Fsp3) is 0.636. The number of aromatic nitrogens is 2. The van der Waals surface area contributed by atoms with E-state index in [2.05, 4.69) is 10.4 Å². The molecule has 15 heavy (non-hydrogen) atoms. The van der Waals surface area contributed by atoms with Crippen molar-refractivity contribution in [3.8, 4) is 0 Å². The summed E-state index contributed by atoms with van der Waals surface area (Å²) in [6.07, 6.45) is 4.67. The second kappa shape index (κ2) is 4.04. The lowest BCUT2D eigenvalue weighted by Crippen LogP contribution is -2.32. The second-order valence-corrected chi connectivity index (χ2v) is 4.25. The van der Waals surface area contributed by atoms with Gasteiger partial charge < -0.3 is 5.32 Å². The first-order valence-electron chi connectivity index (χ1n) is 5.48. The van der Waals surface area contributed by atoms with E-state index in [-0.39, 0.29) is 5.91 Å². The Morgan fingerprint density at radius 1 is 1.53 bits per heavy atom. The molecule has 1 aliphatic carbocycles. The van der Waals surface area contributed by atoms with Gasteiger partial charge in [0, 0.05) is 18.8 Å². The summed E-state index contributed by atoms with van der Waals surface area (Å²) in [7, 11) is 1.85.